The lowest BCUT2D eigenvalue weighted by Gasteiger charge is -2.11. The minimum Gasteiger partial charge on any atom is -0.490 e. The maximum Gasteiger partial charge on any atom is 0.255 e. The van der Waals surface area contributed by atoms with Gasteiger partial charge in [0.2, 0.25) is 0 Å². The van der Waals surface area contributed by atoms with E-state index in [1.54, 1.807) is 43.3 Å². The fourth-order valence-electron chi connectivity index (χ4n) is 2.10. The summed E-state index contributed by atoms with van der Waals surface area (Å²) in [5.41, 5.74) is 7.06. The molecule has 3 N–H and O–H groups in total. The van der Waals surface area contributed by atoms with Crippen LogP contribution < -0.4 is 15.8 Å². The lowest BCUT2D eigenvalue weighted by molar-refractivity contribution is 0.0951. The van der Waals surface area contributed by atoms with Crippen molar-refractivity contribution in [2.45, 2.75) is 19.9 Å². The molecule has 0 saturated carbocycles. The molecule has 0 radical (unpaired) electrons. The van der Waals surface area contributed by atoms with E-state index >= 15 is 0 Å². The third-order valence-electron chi connectivity index (χ3n) is 3.37. The second kappa shape index (κ2) is 8.10. The number of hydrogen-bond acceptors (Lipinski definition) is 4. The van der Waals surface area contributed by atoms with Crippen molar-refractivity contribution in [3.05, 3.63) is 65.6 Å². The van der Waals surface area contributed by atoms with Crippen molar-refractivity contribution in [2.24, 2.45) is 0 Å². The molecule has 0 spiro atoms. The van der Waals surface area contributed by atoms with Crippen molar-refractivity contribution in [2.75, 3.05) is 12.3 Å². The largest absolute Gasteiger partial charge is 0.490 e. The van der Waals surface area contributed by atoms with Gasteiger partial charge >= 0.3 is 0 Å². The molecule has 24 heavy (non-hydrogen) atoms. The monoisotopic (exact) mass is 329 g/mol. The normalized spacial score (nSPS) is 10.2. The van der Waals surface area contributed by atoms with Gasteiger partial charge in [0.25, 0.3) is 5.91 Å². The number of aryl methyl sites for hydroxylation is 1. The third-order valence-corrected chi connectivity index (χ3v) is 3.37. The number of pyridine rings is 1. The number of nitrogens with zero attached hydrogens (tertiary/aromatic N) is 1. The average Bonchev–Trinajstić information content (AvgIpc) is 2.55. The first-order valence-electron chi connectivity index (χ1n) is 7.55. The van der Waals surface area contributed by atoms with E-state index in [9.17, 15) is 9.18 Å². The van der Waals surface area contributed by atoms with E-state index in [4.69, 9.17) is 10.5 Å². The number of nitrogen functional groups attached to an aromatic ring is 1. The highest BCUT2D eigenvalue weighted by atomic mass is 19.1. The van der Waals surface area contributed by atoms with Crippen molar-refractivity contribution < 1.29 is 13.9 Å². The second-order valence-corrected chi connectivity index (χ2v) is 5.22. The highest BCUT2D eigenvalue weighted by Crippen LogP contribution is 2.21. The minimum absolute atomic E-state index is 0.0244. The average molecular weight is 329 g/mol. The number of rotatable bonds is 7. The molecule has 1 aromatic heterocycles. The molecule has 0 aliphatic heterocycles. The van der Waals surface area contributed by atoms with Gasteiger partial charge in [0, 0.05) is 17.8 Å². The number of benzene rings is 1. The van der Waals surface area contributed by atoms with Crippen molar-refractivity contribution in [1.29, 1.82) is 0 Å². The molecule has 1 heterocycles. The predicted molar refractivity (Wildman–Crippen MR) is 91.3 cm³/mol. The standard InChI is InChI=1S/C18H20FN3O2/c1-3-4-10-24-15-7-5-6-13(16(15)19)11-21-18(23)14-9-8-12(2)22-17(14)20/h3,5-9H,1,4,10-11H2,2H3,(H2,20,22)(H,21,23). The van der Waals surface area contributed by atoms with Crippen LogP contribution in [0.25, 0.3) is 0 Å². The van der Waals surface area contributed by atoms with E-state index in [-0.39, 0.29) is 23.7 Å². The number of halogens is 1. The van der Waals surface area contributed by atoms with Gasteiger partial charge in [-0.1, -0.05) is 18.2 Å². The van der Waals surface area contributed by atoms with Crippen molar-refractivity contribution in [3.63, 3.8) is 0 Å². The number of ether oxygens (including phenoxy) is 1. The number of aromatic nitrogens is 1. The fourth-order valence-corrected chi connectivity index (χ4v) is 2.10. The van der Waals surface area contributed by atoms with E-state index in [0.29, 0.717) is 18.6 Å². The molecule has 0 aliphatic rings. The number of hydrogen-bond donors (Lipinski definition) is 2. The summed E-state index contributed by atoms with van der Waals surface area (Å²) in [4.78, 5) is 16.2. The van der Waals surface area contributed by atoms with Crippen molar-refractivity contribution in [1.82, 2.24) is 10.3 Å². The molecule has 0 bridgehead atoms. The fraction of sp³-hybridized carbons (Fsp3) is 0.222. The highest BCUT2D eigenvalue weighted by molar-refractivity contribution is 5.98. The molecule has 126 valence electrons. The van der Waals surface area contributed by atoms with Gasteiger partial charge in [-0.05, 0) is 31.5 Å². The van der Waals surface area contributed by atoms with Crippen LogP contribution in [0.1, 0.15) is 28.0 Å². The summed E-state index contributed by atoms with van der Waals surface area (Å²) in [6.45, 7) is 5.74. The topological polar surface area (TPSA) is 77.2 Å². The Hall–Kier alpha value is -2.89. The lowest BCUT2D eigenvalue weighted by atomic mass is 10.1. The molecule has 0 atom stereocenters. The summed E-state index contributed by atoms with van der Waals surface area (Å²) in [7, 11) is 0. The Kier molecular flexibility index (Phi) is 5.89. The number of anilines is 1. The molecule has 2 rings (SSSR count). The Bertz CT molecular complexity index is 747. The van der Waals surface area contributed by atoms with Crippen LogP contribution in [0, 0.1) is 12.7 Å². The third kappa shape index (κ3) is 4.32. The molecule has 2 aromatic rings. The molecular weight excluding hydrogens is 309 g/mol. The van der Waals surface area contributed by atoms with Crippen LogP contribution in [0.5, 0.6) is 5.75 Å². The first-order valence-corrected chi connectivity index (χ1v) is 7.55. The van der Waals surface area contributed by atoms with Crippen molar-refractivity contribution in [3.8, 4) is 5.75 Å². The van der Waals surface area contributed by atoms with Crippen LogP contribution in [0.4, 0.5) is 10.2 Å². The van der Waals surface area contributed by atoms with Crippen LogP contribution in [-0.4, -0.2) is 17.5 Å². The highest BCUT2D eigenvalue weighted by Gasteiger charge is 2.13. The van der Waals surface area contributed by atoms with Gasteiger partial charge in [0.15, 0.2) is 11.6 Å². The second-order valence-electron chi connectivity index (χ2n) is 5.22. The molecular formula is C18H20FN3O2. The van der Waals surface area contributed by atoms with Crippen LogP contribution in [0.2, 0.25) is 0 Å². The molecule has 0 unspecified atom stereocenters. The number of carbonyl (C=O) groups excluding carboxylic acids is 1. The minimum atomic E-state index is -0.489. The molecule has 1 amide bonds. The summed E-state index contributed by atoms with van der Waals surface area (Å²) < 4.78 is 19.7. The summed E-state index contributed by atoms with van der Waals surface area (Å²) in [6.07, 6.45) is 2.32. The number of amides is 1. The van der Waals surface area contributed by atoms with Gasteiger partial charge in [0.1, 0.15) is 5.82 Å². The first kappa shape index (κ1) is 17.5. The van der Waals surface area contributed by atoms with Gasteiger partial charge in [-0.2, -0.15) is 0 Å². The van der Waals surface area contributed by atoms with Crippen LogP contribution in [-0.2, 0) is 6.54 Å². The SMILES string of the molecule is C=CCCOc1cccc(CNC(=O)c2ccc(C)nc2N)c1F. The summed E-state index contributed by atoms with van der Waals surface area (Å²) in [6, 6.07) is 8.10. The Balaban J connectivity index is 2.04. The molecule has 0 fully saturated rings. The van der Waals surface area contributed by atoms with Crippen LogP contribution in [0.15, 0.2) is 43.0 Å². The maximum absolute atomic E-state index is 14.3. The molecule has 1 aromatic carbocycles. The van der Waals surface area contributed by atoms with Crippen LogP contribution in [0.3, 0.4) is 0 Å². The Morgan fingerprint density at radius 1 is 1.42 bits per heavy atom. The summed E-state index contributed by atoms with van der Waals surface area (Å²) >= 11 is 0. The summed E-state index contributed by atoms with van der Waals surface area (Å²) in [5.74, 6) is -0.594. The molecule has 0 saturated heterocycles. The number of nitrogens with two attached hydrogens (primary N) is 1. The van der Waals surface area contributed by atoms with E-state index in [1.165, 1.54) is 0 Å². The Labute approximate surface area is 140 Å². The van der Waals surface area contributed by atoms with Gasteiger partial charge in [-0.25, -0.2) is 9.37 Å². The van der Waals surface area contributed by atoms with Crippen molar-refractivity contribution >= 4 is 11.7 Å². The maximum atomic E-state index is 14.3. The first-order chi connectivity index (χ1) is 11.5. The number of nitrogens with one attached hydrogen (secondary N) is 1. The zero-order valence-electron chi connectivity index (χ0n) is 13.5. The van der Waals surface area contributed by atoms with Crippen LogP contribution >= 0.6 is 0 Å². The van der Waals surface area contributed by atoms with E-state index in [1.807, 2.05) is 0 Å². The zero-order chi connectivity index (χ0) is 17.5. The van der Waals surface area contributed by atoms with E-state index in [2.05, 4.69) is 16.9 Å². The van der Waals surface area contributed by atoms with Gasteiger partial charge in [0.05, 0.1) is 12.2 Å². The molecule has 6 heteroatoms. The lowest BCUT2D eigenvalue weighted by Crippen LogP contribution is -2.24. The smallest absolute Gasteiger partial charge is 0.255 e. The van der Waals surface area contributed by atoms with Gasteiger partial charge in [-0.15, -0.1) is 6.58 Å². The van der Waals surface area contributed by atoms with Gasteiger partial charge < -0.3 is 15.8 Å². The Morgan fingerprint density at radius 2 is 2.21 bits per heavy atom. The summed E-state index contributed by atoms with van der Waals surface area (Å²) in [5, 5.41) is 2.64. The molecule has 0 aliphatic carbocycles. The van der Waals surface area contributed by atoms with Gasteiger partial charge in [-0.3, -0.25) is 4.79 Å². The molecule has 5 nitrogen and oxygen atoms in total. The van der Waals surface area contributed by atoms with E-state index < -0.39 is 11.7 Å². The number of carbonyl (C=O) groups is 1. The van der Waals surface area contributed by atoms with E-state index in [0.717, 1.165) is 5.69 Å². The Morgan fingerprint density at radius 3 is 2.92 bits per heavy atom. The predicted octanol–water partition coefficient (Wildman–Crippen LogP) is 3.00. The quantitative estimate of drug-likeness (QED) is 0.605. The zero-order valence-corrected chi connectivity index (χ0v) is 13.5.